The maximum absolute atomic E-state index is 13.5. The van der Waals surface area contributed by atoms with Crippen LogP contribution in [0.15, 0.2) is 22.6 Å². The summed E-state index contributed by atoms with van der Waals surface area (Å²) in [6.45, 7) is 5.43. The number of hydrogen-bond donors (Lipinski definition) is 1. The first kappa shape index (κ1) is 14.5. The Hall–Kier alpha value is -1.95. The number of hydrogen-bond acceptors (Lipinski definition) is 5. The average molecular weight is 279 g/mol. The summed E-state index contributed by atoms with van der Waals surface area (Å²) in [5, 5.41) is 10.7. The third-order valence-electron chi connectivity index (χ3n) is 2.62. The van der Waals surface area contributed by atoms with Gasteiger partial charge in [0.1, 0.15) is 11.6 Å². The summed E-state index contributed by atoms with van der Waals surface area (Å²) in [7, 11) is 0. The lowest BCUT2D eigenvalue weighted by molar-refractivity contribution is 0.259. The van der Waals surface area contributed by atoms with E-state index in [4.69, 9.17) is 9.15 Å². The van der Waals surface area contributed by atoms with Crippen molar-refractivity contribution in [3.63, 3.8) is 0 Å². The first-order valence-electron chi connectivity index (χ1n) is 6.59. The lowest BCUT2D eigenvalue weighted by atomic mass is 10.2. The lowest BCUT2D eigenvalue weighted by Crippen LogP contribution is -2.14. The quantitative estimate of drug-likeness (QED) is 0.789. The maximum Gasteiger partial charge on any atom is 0.253 e. The molecule has 0 bridgehead atoms. The molecule has 1 aromatic carbocycles. The van der Waals surface area contributed by atoms with Gasteiger partial charge < -0.3 is 14.5 Å². The molecule has 0 atom stereocenters. The second-order valence-electron chi connectivity index (χ2n) is 4.48. The van der Waals surface area contributed by atoms with Crippen molar-refractivity contribution in [2.24, 2.45) is 0 Å². The molecule has 20 heavy (non-hydrogen) atoms. The number of nitrogens with one attached hydrogen (secondary N) is 1. The molecule has 1 N–H and O–H groups in total. The minimum Gasteiger partial charge on any atom is -0.484 e. The van der Waals surface area contributed by atoms with Gasteiger partial charge in [0.2, 0.25) is 5.89 Å². The molecule has 0 saturated carbocycles. The summed E-state index contributed by atoms with van der Waals surface area (Å²) in [5.74, 6) is 0.983. The lowest BCUT2D eigenvalue weighted by Gasteiger charge is -2.08. The van der Waals surface area contributed by atoms with E-state index in [0.717, 1.165) is 18.5 Å². The van der Waals surface area contributed by atoms with Gasteiger partial charge in [-0.05, 0) is 30.7 Å². The van der Waals surface area contributed by atoms with E-state index in [1.54, 1.807) is 13.0 Å². The molecule has 0 spiro atoms. The summed E-state index contributed by atoms with van der Waals surface area (Å²) >= 11 is 0. The number of benzene rings is 1. The summed E-state index contributed by atoms with van der Waals surface area (Å²) in [4.78, 5) is 0. The molecule has 1 heterocycles. The summed E-state index contributed by atoms with van der Waals surface area (Å²) in [6.07, 6.45) is 1.04. The molecule has 1 aromatic heterocycles. The normalized spacial score (nSPS) is 10.8. The molecule has 6 heteroatoms. The van der Waals surface area contributed by atoms with E-state index in [-0.39, 0.29) is 12.4 Å². The van der Waals surface area contributed by atoms with E-state index in [1.165, 1.54) is 12.1 Å². The predicted molar refractivity (Wildman–Crippen MR) is 71.8 cm³/mol. The molecule has 108 valence electrons. The number of aryl methyl sites for hydroxylation is 1. The molecular formula is C14H18FN3O2. The summed E-state index contributed by atoms with van der Waals surface area (Å²) in [5.41, 5.74) is 0.843. The first-order valence-corrected chi connectivity index (χ1v) is 6.59. The Morgan fingerprint density at radius 2 is 2.15 bits per heavy atom. The third kappa shape index (κ3) is 4.31. The Bertz CT molecular complexity index is 557. The first-order chi connectivity index (χ1) is 9.67. The van der Waals surface area contributed by atoms with E-state index in [0.29, 0.717) is 24.1 Å². The topological polar surface area (TPSA) is 60.2 Å². The number of ether oxygens (including phenoxy) is 1. The molecule has 0 aliphatic carbocycles. The zero-order chi connectivity index (χ0) is 14.4. The number of rotatable bonds is 7. The van der Waals surface area contributed by atoms with Crippen LogP contribution in [0.3, 0.4) is 0 Å². The van der Waals surface area contributed by atoms with Crippen LogP contribution in [-0.2, 0) is 13.2 Å². The van der Waals surface area contributed by atoms with Gasteiger partial charge in [-0.25, -0.2) is 4.39 Å². The highest BCUT2D eigenvalue weighted by Gasteiger charge is 2.06. The SMILES string of the molecule is CCCNCc1cc(F)cc(OCc2nnc(C)o2)c1. The van der Waals surface area contributed by atoms with Gasteiger partial charge in [-0.2, -0.15) is 0 Å². The Kier molecular flexibility index (Phi) is 5.06. The van der Waals surface area contributed by atoms with E-state index in [1.807, 2.05) is 0 Å². The predicted octanol–water partition coefficient (Wildman–Crippen LogP) is 2.60. The minimum absolute atomic E-state index is 0.131. The molecule has 0 amide bonds. The van der Waals surface area contributed by atoms with Crippen LogP contribution < -0.4 is 10.1 Å². The van der Waals surface area contributed by atoms with E-state index in [2.05, 4.69) is 22.4 Å². The molecule has 2 aromatic rings. The van der Waals surface area contributed by atoms with Crippen LogP contribution in [0.4, 0.5) is 4.39 Å². The average Bonchev–Trinajstić information content (AvgIpc) is 2.82. The van der Waals surface area contributed by atoms with Crippen molar-refractivity contribution < 1.29 is 13.5 Å². The van der Waals surface area contributed by atoms with Crippen LogP contribution in [0.5, 0.6) is 5.75 Å². The molecule has 2 rings (SSSR count). The zero-order valence-corrected chi connectivity index (χ0v) is 11.6. The summed E-state index contributed by atoms with van der Waals surface area (Å²) < 4.78 is 24.2. The Morgan fingerprint density at radius 3 is 2.85 bits per heavy atom. The van der Waals surface area contributed by atoms with Crippen molar-refractivity contribution in [2.75, 3.05) is 6.54 Å². The van der Waals surface area contributed by atoms with Crippen molar-refractivity contribution >= 4 is 0 Å². The van der Waals surface area contributed by atoms with Gasteiger partial charge in [-0.3, -0.25) is 0 Å². The molecule has 0 unspecified atom stereocenters. The molecule has 0 radical (unpaired) electrons. The van der Waals surface area contributed by atoms with E-state index < -0.39 is 0 Å². The standard InChI is InChI=1S/C14H18FN3O2/c1-3-4-16-8-11-5-12(15)7-13(6-11)19-9-14-18-17-10(2)20-14/h5-7,16H,3-4,8-9H2,1-2H3. The number of aromatic nitrogens is 2. The van der Waals surface area contributed by atoms with Crippen LogP contribution >= 0.6 is 0 Å². The third-order valence-corrected chi connectivity index (χ3v) is 2.62. The van der Waals surface area contributed by atoms with Gasteiger partial charge in [-0.15, -0.1) is 10.2 Å². The van der Waals surface area contributed by atoms with Crippen LogP contribution in [0, 0.1) is 12.7 Å². The maximum atomic E-state index is 13.5. The van der Waals surface area contributed by atoms with Crippen molar-refractivity contribution in [3.05, 3.63) is 41.4 Å². The van der Waals surface area contributed by atoms with Crippen molar-refractivity contribution in [2.45, 2.75) is 33.4 Å². The van der Waals surface area contributed by atoms with Crippen molar-refractivity contribution in [1.29, 1.82) is 0 Å². The van der Waals surface area contributed by atoms with Gasteiger partial charge in [-0.1, -0.05) is 6.92 Å². The highest BCUT2D eigenvalue weighted by Crippen LogP contribution is 2.17. The summed E-state index contributed by atoms with van der Waals surface area (Å²) in [6, 6.07) is 4.63. The van der Waals surface area contributed by atoms with Gasteiger partial charge in [0.25, 0.3) is 5.89 Å². The largest absolute Gasteiger partial charge is 0.484 e. The second kappa shape index (κ2) is 7.00. The van der Waals surface area contributed by atoms with Crippen LogP contribution in [0.2, 0.25) is 0 Å². The van der Waals surface area contributed by atoms with Gasteiger partial charge >= 0.3 is 0 Å². The van der Waals surface area contributed by atoms with Crippen molar-refractivity contribution in [1.82, 2.24) is 15.5 Å². The smallest absolute Gasteiger partial charge is 0.253 e. The van der Waals surface area contributed by atoms with Crippen molar-refractivity contribution in [3.8, 4) is 5.75 Å². The van der Waals surface area contributed by atoms with Gasteiger partial charge in [0.15, 0.2) is 6.61 Å². The highest BCUT2D eigenvalue weighted by atomic mass is 19.1. The fraction of sp³-hybridized carbons (Fsp3) is 0.429. The molecule has 0 aliphatic heterocycles. The fourth-order valence-corrected chi connectivity index (χ4v) is 1.76. The molecule has 5 nitrogen and oxygen atoms in total. The van der Waals surface area contributed by atoms with Crippen LogP contribution in [-0.4, -0.2) is 16.7 Å². The van der Waals surface area contributed by atoms with E-state index >= 15 is 0 Å². The fourth-order valence-electron chi connectivity index (χ4n) is 1.76. The zero-order valence-electron chi connectivity index (χ0n) is 11.6. The Morgan fingerprint density at radius 1 is 1.30 bits per heavy atom. The Labute approximate surface area is 117 Å². The van der Waals surface area contributed by atoms with E-state index in [9.17, 15) is 4.39 Å². The van der Waals surface area contributed by atoms with Gasteiger partial charge in [0, 0.05) is 19.5 Å². The van der Waals surface area contributed by atoms with Crippen LogP contribution in [0.1, 0.15) is 30.7 Å². The molecule has 0 aliphatic rings. The highest BCUT2D eigenvalue weighted by molar-refractivity contribution is 5.29. The second-order valence-corrected chi connectivity index (χ2v) is 4.48. The molecule has 0 fully saturated rings. The monoisotopic (exact) mass is 279 g/mol. The molecular weight excluding hydrogens is 261 g/mol. The number of halogens is 1. The molecule has 0 saturated heterocycles. The number of nitrogens with zero attached hydrogens (tertiary/aromatic N) is 2. The van der Waals surface area contributed by atoms with Gasteiger partial charge in [0.05, 0.1) is 0 Å². The Balaban J connectivity index is 1.96. The van der Waals surface area contributed by atoms with Crippen LogP contribution in [0.25, 0.3) is 0 Å². The minimum atomic E-state index is -0.322.